The highest BCUT2D eigenvalue weighted by molar-refractivity contribution is 5.95. The van der Waals surface area contributed by atoms with Crippen LogP contribution in [0.15, 0.2) is 60.7 Å². The van der Waals surface area contributed by atoms with Gasteiger partial charge in [0.25, 0.3) is 0 Å². The Morgan fingerprint density at radius 3 is 2.20 bits per heavy atom. The van der Waals surface area contributed by atoms with Gasteiger partial charge in [-0.25, -0.2) is 0 Å². The quantitative estimate of drug-likeness (QED) is 0.696. The standard InChI is InChI=1S/C19H20O/c1-3-15(2)19(20)14-11-16-9-12-18(13-10-16)17-7-5-4-6-8-17/h4-15H,3H2,1-2H3/b14-11+. The fraction of sp³-hybridized carbons (Fsp3) is 0.211. The van der Waals surface area contributed by atoms with Crippen LogP contribution in [0.1, 0.15) is 25.8 Å². The zero-order valence-corrected chi connectivity index (χ0v) is 12.0. The van der Waals surface area contributed by atoms with Gasteiger partial charge in [0.05, 0.1) is 0 Å². The van der Waals surface area contributed by atoms with E-state index in [1.807, 2.05) is 50.3 Å². The summed E-state index contributed by atoms with van der Waals surface area (Å²) in [5.74, 6) is 0.300. The molecule has 20 heavy (non-hydrogen) atoms. The summed E-state index contributed by atoms with van der Waals surface area (Å²) in [6, 6.07) is 18.5. The van der Waals surface area contributed by atoms with Crippen molar-refractivity contribution in [3.8, 4) is 11.1 Å². The van der Waals surface area contributed by atoms with E-state index >= 15 is 0 Å². The molecule has 2 aromatic carbocycles. The van der Waals surface area contributed by atoms with E-state index in [4.69, 9.17) is 0 Å². The second-order valence-electron chi connectivity index (χ2n) is 5.03. The molecule has 0 aliphatic rings. The molecule has 2 rings (SSSR count). The van der Waals surface area contributed by atoms with Crippen molar-refractivity contribution in [3.63, 3.8) is 0 Å². The Morgan fingerprint density at radius 2 is 1.60 bits per heavy atom. The number of carbonyl (C=O) groups excluding carboxylic acids is 1. The van der Waals surface area contributed by atoms with Crippen LogP contribution in [0.25, 0.3) is 17.2 Å². The van der Waals surface area contributed by atoms with E-state index in [2.05, 4.69) is 24.3 Å². The molecule has 0 saturated heterocycles. The zero-order chi connectivity index (χ0) is 14.4. The maximum absolute atomic E-state index is 11.7. The van der Waals surface area contributed by atoms with Crippen molar-refractivity contribution in [2.24, 2.45) is 5.92 Å². The molecule has 0 spiro atoms. The van der Waals surface area contributed by atoms with Crippen LogP contribution in [-0.2, 0) is 4.79 Å². The van der Waals surface area contributed by atoms with Gasteiger partial charge in [-0.1, -0.05) is 74.5 Å². The molecule has 1 atom stereocenters. The Hall–Kier alpha value is -2.15. The van der Waals surface area contributed by atoms with Crippen LogP contribution in [0.5, 0.6) is 0 Å². The number of rotatable bonds is 5. The Bertz CT molecular complexity index is 579. The largest absolute Gasteiger partial charge is 0.295 e. The second kappa shape index (κ2) is 6.85. The second-order valence-corrected chi connectivity index (χ2v) is 5.03. The summed E-state index contributed by atoms with van der Waals surface area (Å²) in [7, 11) is 0. The first-order valence-electron chi connectivity index (χ1n) is 7.08. The van der Waals surface area contributed by atoms with Gasteiger partial charge in [0.1, 0.15) is 0 Å². The molecule has 102 valence electrons. The summed E-state index contributed by atoms with van der Waals surface area (Å²) in [5, 5.41) is 0. The van der Waals surface area contributed by atoms with Crippen LogP contribution < -0.4 is 0 Å². The summed E-state index contributed by atoms with van der Waals surface area (Å²) in [6.45, 7) is 4.00. The van der Waals surface area contributed by atoms with Gasteiger partial charge in [-0.3, -0.25) is 4.79 Å². The average Bonchev–Trinajstić information content (AvgIpc) is 2.53. The molecule has 0 N–H and O–H groups in total. The van der Waals surface area contributed by atoms with E-state index in [1.54, 1.807) is 6.08 Å². The number of ketones is 1. The Balaban J connectivity index is 2.09. The molecule has 0 fully saturated rings. The van der Waals surface area contributed by atoms with Crippen molar-refractivity contribution in [2.75, 3.05) is 0 Å². The molecule has 1 nitrogen and oxygen atoms in total. The molecule has 0 aromatic heterocycles. The van der Waals surface area contributed by atoms with Crippen molar-refractivity contribution >= 4 is 11.9 Å². The molecule has 0 bridgehead atoms. The third-order valence-corrected chi connectivity index (χ3v) is 3.56. The molecular weight excluding hydrogens is 244 g/mol. The molecule has 0 aliphatic heterocycles. The fourth-order valence-corrected chi connectivity index (χ4v) is 1.96. The topological polar surface area (TPSA) is 17.1 Å². The highest BCUT2D eigenvalue weighted by Gasteiger charge is 2.05. The van der Waals surface area contributed by atoms with Crippen molar-refractivity contribution in [2.45, 2.75) is 20.3 Å². The highest BCUT2D eigenvalue weighted by atomic mass is 16.1. The predicted octanol–water partition coefficient (Wildman–Crippen LogP) is 4.98. The third kappa shape index (κ3) is 3.67. The van der Waals surface area contributed by atoms with Gasteiger partial charge in [0.15, 0.2) is 5.78 Å². The van der Waals surface area contributed by atoms with Crippen molar-refractivity contribution < 1.29 is 4.79 Å². The summed E-state index contributed by atoms with van der Waals surface area (Å²) in [4.78, 5) is 11.7. The monoisotopic (exact) mass is 264 g/mol. The molecule has 0 heterocycles. The molecule has 0 aliphatic carbocycles. The van der Waals surface area contributed by atoms with Crippen molar-refractivity contribution in [3.05, 3.63) is 66.2 Å². The van der Waals surface area contributed by atoms with Crippen LogP contribution in [0.4, 0.5) is 0 Å². The highest BCUT2D eigenvalue weighted by Crippen LogP contribution is 2.19. The first-order valence-corrected chi connectivity index (χ1v) is 7.08. The van der Waals surface area contributed by atoms with Crippen molar-refractivity contribution in [1.82, 2.24) is 0 Å². The molecule has 1 unspecified atom stereocenters. The van der Waals surface area contributed by atoms with Crippen LogP contribution in [0.2, 0.25) is 0 Å². The number of hydrogen-bond donors (Lipinski definition) is 0. The summed E-state index contributed by atoms with van der Waals surface area (Å²) < 4.78 is 0. The van der Waals surface area contributed by atoms with Gasteiger partial charge in [-0.05, 0) is 29.2 Å². The lowest BCUT2D eigenvalue weighted by Gasteiger charge is -2.03. The molecular formula is C19H20O. The summed E-state index contributed by atoms with van der Waals surface area (Å²) >= 11 is 0. The minimum atomic E-state index is 0.106. The molecule has 2 aromatic rings. The Morgan fingerprint density at radius 1 is 1.00 bits per heavy atom. The molecule has 1 heteroatoms. The van der Waals surface area contributed by atoms with E-state index < -0.39 is 0 Å². The van der Waals surface area contributed by atoms with Crippen molar-refractivity contribution in [1.29, 1.82) is 0 Å². The van der Waals surface area contributed by atoms with Crippen LogP contribution in [-0.4, -0.2) is 5.78 Å². The van der Waals surface area contributed by atoms with Crippen LogP contribution >= 0.6 is 0 Å². The first-order chi connectivity index (χ1) is 9.70. The maximum Gasteiger partial charge on any atom is 0.158 e. The third-order valence-electron chi connectivity index (χ3n) is 3.56. The predicted molar refractivity (Wildman–Crippen MR) is 85.4 cm³/mol. The number of carbonyl (C=O) groups is 1. The van der Waals surface area contributed by atoms with Crippen LogP contribution in [0, 0.1) is 5.92 Å². The minimum absolute atomic E-state index is 0.106. The van der Waals surface area contributed by atoms with Gasteiger partial charge >= 0.3 is 0 Å². The molecule has 0 radical (unpaired) electrons. The number of hydrogen-bond acceptors (Lipinski definition) is 1. The smallest absolute Gasteiger partial charge is 0.158 e. The van der Waals surface area contributed by atoms with E-state index in [0.717, 1.165) is 12.0 Å². The first kappa shape index (κ1) is 14.3. The zero-order valence-electron chi connectivity index (χ0n) is 12.0. The van der Waals surface area contributed by atoms with Crippen LogP contribution in [0.3, 0.4) is 0 Å². The minimum Gasteiger partial charge on any atom is -0.295 e. The van der Waals surface area contributed by atoms with E-state index in [0.29, 0.717) is 0 Å². The Kier molecular flexibility index (Phi) is 4.89. The Labute approximate surface area is 121 Å². The maximum atomic E-state index is 11.7. The lowest BCUT2D eigenvalue weighted by atomic mass is 10.0. The number of allylic oxidation sites excluding steroid dienone is 1. The average molecular weight is 264 g/mol. The van der Waals surface area contributed by atoms with Gasteiger partial charge in [-0.15, -0.1) is 0 Å². The van der Waals surface area contributed by atoms with E-state index in [1.165, 1.54) is 11.1 Å². The molecule has 0 saturated carbocycles. The van der Waals surface area contributed by atoms with Gasteiger partial charge in [-0.2, -0.15) is 0 Å². The fourth-order valence-electron chi connectivity index (χ4n) is 1.96. The van der Waals surface area contributed by atoms with Gasteiger partial charge in [0, 0.05) is 5.92 Å². The van der Waals surface area contributed by atoms with Gasteiger partial charge < -0.3 is 0 Å². The molecule has 0 amide bonds. The van der Waals surface area contributed by atoms with E-state index in [-0.39, 0.29) is 11.7 Å². The summed E-state index contributed by atoms with van der Waals surface area (Å²) in [6.07, 6.45) is 4.46. The number of benzene rings is 2. The normalized spacial score (nSPS) is 12.5. The summed E-state index contributed by atoms with van der Waals surface area (Å²) in [5.41, 5.74) is 3.45. The van der Waals surface area contributed by atoms with E-state index in [9.17, 15) is 4.79 Å². The van der Waals surface area contributed by atoms with Gasteiger partial charge in [0.2, 0.25) is 0 Å². The lowest BCUT2D eigenvalue weighted by Crippen LogP contribution is -2.05. The SMILES string of the molecule is CCC(C)C(=O)/C=C/c1ccc(-c2ccccc2)cc1. The lowest BCUT2D eigenvalue weighted by molar-refractivity contribution is -0.117.